The monoisotopic (exact) mass is 223 g/mol. The molecule has 9 heteroatoms. The maximum atomic E-state index is 11.3. The Hall–Kier alpha value is -2.32. The zero-order valence-electron chi connectivity index (χ0n) is 8.47. The van der Waals surface area contributed by atoms with Crippen LogP contribution in [0, 0.1) is 6.92 Å². The summed E-state index contributed by atoms with van der Waals surface area (Å²) in [6.07, 6.45) is 0.487. The van der Waals surface area contributed by atoms with Crippen LogP contribution in [0.5, 0.6) is 0 Å². The summed E-state index contributed by atoms with van der Waals surface area (Å²) in [5.74, 6) is 0.656. The van der Waals surface area contributed by atoms with Crippen molar-refractivity contribution in [3.63, 3.8) is 0 Å². The van der Waals surface area contributed by atoms with Gasteiger partial charge in [0.1, 0.15) is 0 Å². The molecule has 0 spiro atoms. The Bertz CT molecular complexity index is 463. The molecule has 84 valence electrons. The highest BCUT2D eigenvalue weighted by atomic mass is 16.5. The molecule has 2 aromatic heterocycles. The molecule has 16 heavy (non-hydrogen) atoms. The van der Waals surface area contributed by atoms with Crippen molar-refractivity contribution in [3.8, 4) is 0 Å². The van der Waals surface area contributed by atoms with Crippen molar-refractivity contribution >= 4 is 5.91 Å². The van der Waals surface area contributed by atoms with E-state index in [9.17, 15) is 4.79 Å². The van der Waals surface area contributed by atoms with E-state index in [1.54, 1.807) is 6.92 Å². The van der Waals surface area contributed by atoms with Crippen LogP contribution < -0.4 is 5.32 Å². The number of tetrazole rings is 1. The van der Waals surface area contributed by atoms with E-state index in [4.69, 9.17) is 4.52 Å². The Morgan fingerprint density at radius 2 is 2.44 bits per heavy atom. The predicted octanol–water partition coefficient (Wildman–Crippen LogP) is -1.14. The number of nitrogens with one attached hydrogen (secondary N) is 2. The van der Waals surface area contributed by atoms with E-state index in [-0.39, 0.29) is 5.82 Å². The number of hydrogen-bond acceptors (Lipinski definition) is 7. The zero-order chi connectivity index (χ0) is 11.4. The van der Waals surface area contributed by atoms with E-state index in [0.29, 0.717) is 24.7 Å². The van der Waals surface area contributed by atoms with Gasteiger partial charge in [-0.05, 0) is 5.21 Å². The first-order valence-corrected chi connectivity index (χ1v) is 4.56. The Morgan fingerprint density at radius 3 is 3.06 bits per heavy atom. The first-order valence-electron chi connectivity index (χ1n) is 4.56. The third-order valence-electron chi connectivity index (χ3n) is 1.75. The number of nitrogens with zero attached hydrogens (tertiary/aromatic N) is 5. The Morgan fingerprint density at radius 1 is 1.56 bits per heavy atom. The summed E-state index contributed by atoms with van der Waals surface area (Å²) in [5, 5.41) is 18.8. The van der Waals surface area contributed by atoms with Gasteiger partial charge in [0.25, 0.3) is 11.7 Å². The fourth-order valence-electron chi connectivity index (χ4n) is 1.07. The molecule has 0 bridgehead atoms. The van der Waals surface area contributed by atoms with Gasteiger partial charge in [-0.2, -0.15) is 10.2 Å². The molecule has 2 aromatic rings. The van der Waals surface area contributed by atoms with Gasteiger partial charge in [-0.1, -0.05) is 5.16 Å². The number of aromatic amines is 1. The SMILES string of the molecule is Cc1nc(CCNC(=O)c2nn[nH]n2)no1. The van der Waals surface area contributed by atoms with Gasteiger partial charge >= 0.3 is 0 Å². The first kappa shape index (κ1) is 10.2. The van der Waals surface area contributed by atoms with Crippen LogP contribution in [0.3, 0.4) is 0 Å². The van der Waals surface area contributed by atoms with Crippen molar-refractivity contribution in [3.05, 3.63) is 17.5 Å². The van der Waals surface area contributed by atoms with E-state index in [1.165, 1.54) is 0 Å². The second-order valence-electron chi connectivity index (χ2n) is 2.97. The van der Waals surface area contributed by atoms with E-state index in [2.05, 4.69) is 36.1 Å². The number of carbonyl (C=O) groups is 1. The lowest BCUT2D eigenvalue weighted by Gasteiger charge is -1.98. The molecule has 0 radical (unpaired) electrons. The topological polar surface area (TPSA) is 122 Å². The molecule has 9 nitrogen and oxygen atoms in total. The maximum Gasteiger partial charge on any atom is 0.292 e. The highest BCUT2D eigenvalue weighted by molar-refractivity contribution is 5.89. The van der Waals surface area contributed by atoms with E-state index in [0.717, 1.165) is 0 Å². The minimum atomic E-state index is -0.394. The van der Waals surface area contributed by atoms with Crippen molar-refractivity contribution in [2.75, 3.05) is 6.54 Å². The summed E-state index contributed by atoms with van der Waals surface area (Å²) in [6.45, 7) is 2.08. The predicted molar refractivity (Wildman–Crippen MR) is 49.2 cm³/mol. The molecule has 0 aliphatic rings. The lowest BCUT2D eigenvalue weighted by Crippen LogP contribution is -2.27. The van der Waals surface area contributed by atoms with Crippen molar-refractivity contribution in [1.29, 1.82) is 0 Å². The van der Waals surface area contributed by atoms with Gasteiger partial charge in [-0.25, -0.2) is 0 Å². The lowest BCUT2D eigenvalue weighted by atomic mass is 10.4. The highest BCUT2D eigenvalue weighted by Gasteiger charge is 2.10. The van der Waals surface area contributed by atoms with Crippen molar-refractivity contribution in [2.45, 2.75) is 13.3 Å². The van der Waals surface area contributed by atoms with Crippen LogP contribution in [0.4, 0.5) is 0 Å². The zero-order valence-corrected chi connectivity index (χ0v) is 8.47. The second kappa shape index (κ2) is 4.47. The van der Waals surface area contributed by atoms with Gasteiger partial charge in [0.2, 0.25) is 5.89 Å². The summed E-state index contributed by atoms with van der Waals surface area (Å²) in [6, 6.07) is 0. The molecular formula is C7H9N7O2. The third kappa shape index (κ3) is 2.38. The average molecular weight is 223 g/mol. The Labute approximate surface area is 89.6 Å². The molecule has 2 heterocycles. The molecule has 1 amide bonds. The number of aromatic nitrogens is 6. The van der Waals surface area contributed by atoms with Gasteiger partial charge < -0.3 is 9.84 Å². The van der Waals surface area contributed by atoms with Gasteiger partial charge in [-0.3, -0.25) is 4.79 Å². The fourth-order valence-corrected chi connectivity index (χ4v) is 1.07. The first-order chi connectivity index (χ1) is 7.75. The lowest BCUT2D eigenvalue weighted by molar-refractivity contribution is 0.0943. The van der Waals surface area contributed by atoms with Gasteiger partial charge in [-0.15, -0.1) is 10.2 Å². The summed E-state index contributed by atoms with van der Waals surface area (Å²) in [4.78, 5) is 15.3. The smallest absolute Gasteiger partial charge is 0.292 e. The van der Waals surface area contributed by atoms with Gasteiger partial charge in [0, 0.05) is 19.9 Å². The number of carbonyl (C=O) groups excluding carboxylic acids is 1. The molecule has 2 rings (SSSR count). The Kier molecular flexibility index (Phi) is 2.85. The van der Waals surface area contributed by atoms with Crippen molar-refractivity contribution < 1.29 is 9.32 Å². The summed E-state index contributed by atoms with van der Waals surface area (Å²) in [7, 11) is 0. The Balaban J connectivity index is 1.78. The molecular weight excluding hydrogens is 214 g/mol. The molecule has 0 fully saturated rings. The summed E-state index contributed by atoms with van der Waals surface area (Å²) in [5.41, 5.74) is 0. The molecule has 2 N–H and O–H groups in total. The fraction of sp³-hybridized carbons (Fsp3) is 0.429. The van der Waals surface area contributed by atoms with E-state index >= 15 is 0 Å². The van der Waals surface area contributed by atoms with Crippen LogP contribution >= 0.6 is 0 Å². The van der Waals surface area contributed by atoms with Crippen LogP contribution in [-0.4, -0.2) is 43.2 Å². The van der Waals surface area contributed by atoms with Gasteiger partial charge in [0.05, 0.1) is 0 Å². The molecule has 0 aromatic carbocycles. The van der Waals surface area contributed by atoms with Crippen LogP contribution in [-0.2, 0) is 6.42 Å². The van der Waals surface area contributed by atoms with Crippen molar-refractivity contribution in [1.82, 2.24) is 36.1 Å². The molecule has 0 atom stereocenters. The van der Waals surface area contributed by atoms with Crippen LogP contribution in [0.1, 0.15) is 22.3 Å². The van der Waals surface area contributed by atoms with Crippen LogP contribution in [0.25, 0.3) is 0 Å². The van der Waals surface area contributed by atoms with E-state index < -0.39 is 5.91 Å². The van der Waals surface area contributed by atoms with E-state index in [1.807, 2.05) is 0 Å². The third-order valence-corrected chi connectivity index (χ3v) is 1.75. The summed E-state index contributed by atoms with van der Waals surface area (Å²) >= 11 is 0. The normalized spacial score (nSPS) is 10.3. The minimum absolute atomic E-state index is 0.00397. The number of rotatable bonds is 4. The van der Waals surface area contributed by atoms with Crippen LogP contribution in [0.15, 0.2) is 4.52 Å². The largest absolute Gasteiger partial charge is 0.349 e. The molecule has 0 saturated carbocycles. The molecule has 0 aliphatic carbocycles. The maximum absolute atomic E-state index is 11.3. The van der Waals surface area contributed by atoms with Gasteiger partial charge in [0.15, 0.2) is 5.82 Å². The average Bonchev–Trinajstić information content (AvgIpc) is 2.89. The standard InChI is InChI=1S/C7H9N7O2/c1-4-9-5(12-16-4)2-3-8-7(15)6-10-13-14-11-6/h2-3H2,1H3,(H,8,15)(H,10,11,13,14). The number of aryl methyl sites for hydroxylation is 1. The molecule has 0 unspecified atom stereocenters. The highest BCUT2D eigenvalue weighted by Crippen LogP contribution is 1.94. The number of hydrogen-bond donors (Lipinski definition) is 2. The van der Waals surface area contributed by atoms with Crippen LogP contribution in [0.2, 0.25) is 0 Å². The minimum Gasteiger partial charge on any atom is -0.349 e. The number of H-pyrrole nitrogens is 1. The number of amides is 1. The quantitative estimate of drug-likeness (QED) is 0.671. The van der Waals surface area contributed by atoms with Crippen molar-refractivity contribution in [2.24, 2.45) is 0 Å². The molecule has 0 aliphatic heterocycles. The molecule has 0 saturated heterocycles. The second-order valence-corrected chi connectivity index (χ2v) is 2.97. The summed E-state index contributed by atoms with van der Waals surface area (Å²) < 4.78 is 4.78.